The number of hydrogen-bond donors (Lipinski definition) is 1. The van der Waals surface area contributed by atoms with E-state index in [0.717, 1.165) is 5.41 Å². The molecule has 1 N–H and O–H groups in total. The van der Waals surface area contributed by atoms with Gasteiger partial charge in [0.15, 0.2) is 21.3 Å². The molecule has 2 rings (SSSR count). The maximum absolute atomic E-state index is 12.7. The first kappa shape index (κ1) is 24.9. The van der Waals surface area contributed by atoms with Crippen LogP contribution in [0, 0.1) is 0 Å². The van der Waals surface area contributed by atoms with Gasteiger partial charge >= 0.3 is 5.97 Å². The van der Waals surface area contributed by atoms with Crippen molar-refractivity contribution < 1.29 is 42.0 Å². The molecule has 0 aliphatic carbocycles. The third-order valence-corrected chi connectivity index (χ3v) is 5.65. The molecule has 0 amide bonds. The number of methoxy groups -OCH3 is 4. The largest absolute Gasteiger partial charge is 0.496 e. The highest BCUT2D eigenvalue weighted by Gasteiger charge is 2.15. The molecule has 0 aliphatic rings. The predicted molar refractivity (Wildman–Crippen MR) is 118 cm³/mol. The average Bonchev–Trinajstić information content (AvgIpc) is 2.76. The highest BCUT2D eigenvalue weighted by atomic mass is 32.2. The topological polar surface area (TPSA) is 118 Å². The molecule has 174 valence electrons. The summed E-state index contributed by atoms with van der Waals surface area (Å²) in [6.45, 7) is -0.0706. The van der Waals surface area contributed by atoms with Crippen molar-refractivity contribution in [3.63, 3.8) is 0 Å². The third kappa shape index (κ3) is 6.81. The van der Waals surface area contributed by atoms with E-state index in [1.165, 1.54) is 40.6 Å². The molecule has 0 spiro atoms. The molecular weight excluding hydrogens is 440 g/mol. The number of benzene rings is 2. The molecule has 0 unspecified atom stereocenters. The minimum Gasteiger partial charge on any atom is -0.496 e. The quantitative estimate of drug-likeness (QED) is 0.503. The summed E-state index contributed by atoms with van der Waals surface area (Å²) in [5.74, 6) is 0.634. The lowest BCUT2D eigenvalue weighted by Crippen LogP contribution is -2.06. The average molecular weight is 467 g/mol. The summed E-state index contributed by atoms with van der Waals surface area (Å²) in [4.78, 5) is 10.7. The summed E-state index contributed by atoms with van der Waals surface area (Å²) in [6.07, 6.45) is 1.21. The number of hydrogen-bond acceptors (Lipinski definition) is 8. The van der Waals surface area contributed by atoms with Crippen LogP contribution in [0.15, 0.2) is 35.7 Å². The minimum absolute atomic E-state index is 0.0706. The van der Waals surface area contributed by atoms with Crippen LogP contribution < -0.4 is 23.7 Å². The van der Waals surface area contributed by atoms with Crippen molar-refractivity contribution >= 4 is 21.9 Å². The number of aliphatic carboxylic acids is 1. The molecular formula is C22H26O9S. The summed E-state index contributed by atoms with van der Waals surface area (Å²) < 4.78 is 51.9. The van der Waals surface area contributed by atoms with Gasteiger partial charge in [0.1, 0.15) is 17.2 Å². The Kier molecular flexibility index (Phi) is 8.77. The number of carbonyl (C=O) groups is 1. The highest BCUT2D eigenvalue weighted by molar-refractivity contribution is 7.93. The molecule has 0 radical (unpaired) electrons. The smallest absolute Gasteiger partial charge is 0.306 e. The molecule has 9 nitrogen and oxygen atoms in total. The lowest BCUT2D eigenvalue weighted by molar-refractivity contribution is -0.137. The minimum atomic E-state index is -3.68. The Morgan fingerprint density at radius 1 is 0.906 bits per heavy atom. The second-order valence-corrected chi connectivity index (χ2v) is 8.42. The van der Waals surface area contributed by atoms with Crippen LogP contribution in [0.25, 0.3) is 6.08 Å². The number of carboxylic acid groups (broad SMARTS) is 1. The van der Waals surface area contributed by atoms with E-state index in [2.05, 4.69) is 0 Å². The van der Waals surface area contributed by atoms with Gasteiger partial charge in [-0.1, -0.05) is 6.07 Å². The second kappa shape index (κ2) is 11.3. The molecule has 0 heterocycles. The number of sulfone groups is 1. The van der Waals surface area contributed by atoms with Gasteiger partial charge in [0.05, 0.1) is 52.8 Å². The van der Waals surface area contributed by atoms with E-state index in [9.17, 15) is 13.2 Å². The van der Waals surface area contributed by atoms with Gasteiger partial charge in [0.25, 0.3) is 0 Å². The summed E-state index contributed by atoms with van der Waals surface area (Å²) in [7, 11) is 2.18. The van der Waals surface area contributed by atoms with Crippen molar-refractivity contribution in [3.8, 4) is 28.7 Å². The molecule has 2 aromatic carbocycles. The first-order valence-corrected chi connectivity index (χ1v) is 11.2. The molecule has 0 saturated heterocycles. The Morgan fingerprint density at radius 2 is 1.53 bits per heavy atom. The van der Waals surface area contributed by atoms with Crippen molar-refractivity contribution in [3.05, 3.63) is 46.9 Å². The zero-order chi connectivity index (χ0) is 23.7. The van der Waals surface area contributed by atoms with E-state index >= 15 is 0 Å². The molecule has 0 fully saturated rings. The molecule has 0 atom stereocenters. The van der Waals surface area contributed by atoms with Gasteiger partial charge < -0.3 is 28.8 Å². The van der Waals surface area contributed by atoms with Crippen LogP contribution in [-0.4, -0.2) is 54.5 Å². The zero-order valence-corrected chi connectivity index (χ0v) is 19.1. The van der Waals surface area contributed by atoms with Crippen molar-refractivity contribution in [1.82, 2.24) is 0 Å². The molecule has 0 aliphatic heterocycles. The maximum atomic E-state index is 12.7. The van der Waals surface area contributed by atoms with Crippen LogP contribution in [0.5, 0.6) is 28.7 Å². The highest BCUT2D eigenvalue weighted by Crippen LogP contribution is 2.35. The Balaban J connectivity index is 2.27. The van der Waals surface area contributed by atoms with E-state index in [0.29, 0.717) is 34.1 Å². The standard InChI is InChI=1S/C22H26O9S/c1-27-16-12-19(29-3)17(20(13-16)30-4)8-10-32(25,26)14-15-5-6-18(28-2)21(11-15)31-9-7-22(23)24/h5-6,8,10-13H,7,9,14H2,1-4H3,(H,23,24)/b10-8+. The number of rotatable bonds is 12. The van der Waals surface area contributed by atoms with E-state index in [1.807, 2.05) is 0 Å². The molecule has 0 bridgehead atoms. The maximum Gasteiger partial charge on any atom is 0.306 e. The van der Waals surface area contributed by atoms with Crippen LogP contribution in [-0.2, 0) is 20.4 Å². The van der Waals surface area contributed by atoms with Crippen LogP contribution in [0.4, 0.5) is 0 Å². The number of ether oxygens (including phenoxy) is 5. The summed E-state index contributed by atoms with van der Waals surface area (Å²) in [5.41, 5.74) is 0.904. The Morgan fingerprint density at radius 3 is 2.06 bits per heavy atom. The van der Waals surface area contributed by atoms with Crippen LogP contribution >= 0.6 is 0 Å². The van der Waals surface area contributed by atoms with Crippen molar-refractivity contribution in [1.29, 1.82) is 0 Å². The van der Waals surface area contributed by atoms with Gasteiger partial charge in [0.2, 0.25) is 0 Å². The fourth-order valence-corrected chi connectivity index (χ4v) is 3.90. The van der Waals surface area contributed by atoms with Crippen molar-refractivity contribution in [2.75, 3.05) is 35.0 Å². The first-order valence-electron chi connectivity index (χ1n) is 9.45. The molecule has 10 heteroatoms. The van der Waals surface area contributed by atoms with Crippen molar-refractivity contribution in [2.45, 2.75) is 12.2 Å². The van der Waals surface area contributed by atoms with Gasteiger partial charge in [0, 0.05) is 17.5 Å². The lowest BCUT2D eigenvalue weighted by atomic mass is 10.1. The van der Waals surface area contributed by atoms with Gasteiger partial charge in [-0.05, 0) is 23.8 Å². The Bertz CT molecular complexity index is 1050. The number of carboxylic acids is 1. The van der Waals surface area contributed by atoms with Crippen LogP contribution in [0.1, 0.15) is 17.5 Å². The van der Waals surface area contributed by atoms with E-state index in [4.69, 9.17) is 28.8 Å². The normalized spacial score (nSPS) is 11.2. The summed E-state index contributed by atoms with van der Waals surface area (Å²) in [6, 6.07) is 7.93. The zero-order valence-electron chi connectivity index (χ0n) is 18.3. The fraction of sp³-hybridized carbons (Fsp3) is 0.318. The van der Waals surface area contributed by atoms with Crippen LogP contribution in [0.3, 0.4) is 0 Å². The SMILES string of the molecule is COc1cc(OC)c(/C=C/S(=O)(=O)Cc2ccc(OC)c(OCCC(=O)O)c2)c(OC)c1. The van der Waals surface area contributed by atoms with Gasteiger partial charge in [-0.3, -0.25) is 4.79 Å². The first-order chi connectivity index (χ1) is 15.2. The van der Waals surface area contributed by atoms with Crippen molar-refractivity contribution in [2.24, 2.45) is 0 Å². The second-order valence-electron chi connectivity index (χ2n) is 6.53. The molecule has 0 aromatic heterocycles. The Labute approximate surface area is 187 Å². The van der Waals surface area contributed by atoms with E-state index in [-0.39, 0.29) is 24.5 Å². The molecule has 32 heavy (non-hydrogen) atoms. The summed E-state index contributed by atoms with van der Waals surface area (Å²) in [5, 5.41) is 9.84. The van der Waals surface area contributed by atoms with Crippen LogP contribution in [0.2, 0.25) is 0 Å². The molecule has 0 saturated carbocycles. The van der Waals surface area contributed by atoms with E-state index in [1.54, 1.807) is 24.3 Å². The van der Waals surface area contributed by atoms with Gasteiger partial charge in [-0.25, -0.2) is 8.42 Å². The monoisotopic (exact) mass is 466 g/mol. The fourth-order valence-electron chi connectivity index (χ4n) is 2.82. The lowest BCUT2D eigenvalue weighted by Gasteiger charge is -2.13. The van der Waals surface area contributed by atoms with E-state index < -0.39 is 15.8 Å². The Hall–Kier alpha value is -3.40. The van der Waals surface area contributed by atoms with Gasteiger partial charge in [-0.2, -0.15) is 0 Å². The molecule has 2 aromatic rings. The predicted octanol–water partition coefficient (Wildman–Crippen LogP) is 3.16. The third-order valence-electron chi connectivity index (χ3n) is 4.36. The van der Waals surface area contributed by atoms with Gasteiger partial charge in [-0.15, -0.1) is 0 Å². The summed E-state index contributed by atoms with van der Waals surface area (Å²) >= 11 is 0.